The van der Waals surface area contributed by atoms with Crippen LogP contribution in [0.25, 0.3) is 6.08 Å². The number of carbonyl (C=O) groups is 7. The molecule has 1 aromatic carbocycles. The first kappa shape index (κ1) is 36.6. The third-order valence-electron chi connectivity index (χ3n) is 6.32. The number of thiazole rings is 1. The van der Waals surface area contributed by atoms with Crippen molar-refractivity contribution in [2.24, 2.45) is 5.16 Å². The summed E-state index contributed by atoms with van der Waals surface area (Å²) >= 11 is 7.63. The number of carboxylic acid groups (broad SMARTS) is 1. The second-order valence-electron chi connectivity index (χ2n) is 9.79. The molecule has 3 N–H and O–H groups in total. The highest BCUT2D eigenvalue weighted by atomic mass is 35.5. The van der Waals surface area contributed by atoms with Gasteiger partial charge >= 0.3 is 23.9 Å². The first-order valence-corrected chi connectivity index (χ1v) is 16.3. The van der Waals surface area contributed by atoms with E-state index < -0.39 is 59.6 Å². The van der Waals surface area contributed by atoms with Gasteiger partial charge in [0.15, 0.2) is 22.3 Å². The topological polar surface area (TPSA) is 229 Å². The molecule has 2 atom stereocenters. The standard InChI is InChI=1S/C29H26ClN5O12S2/c1-13(36)46-18-6-4-15(8-19(18)47-14(2)37)5-7-21(39)45-10-16-11-48-27-23(26(41)35(27)24(16)28(42)43)33-25(40)22(34-44-3)17-12-49-29(31-17)32-20(38)9-30/h4-8,12,23,27H,9-11H2,1-3H3,(H,33,40)(H,42,43)(H,31,32,38)/b7-5+,34-22-/t23-,27-/m1/s1. The summed E-state index contributed by atoms with van der Waals surface area (Å²) in [6, 6.07) is 3.09. The monoisotopic (exact) mass is 735 g/mol. The van der Waals surface area contributed by atoms with Crippen LogP contribution in [0.2, 0.25) is 0 Å². The van der Waals surface area contributed by atoms with Crippen molar-refractivity contribution in [3.8, 4) is 11.5 Å². The number of nitrogens with zero attached hydrogens (tertiary/aromatic N) is 3. The van der Waals surface area contributed by atoms with Gasteiger partial charge < -0.3 is 34.8 Å². The van der Waals surface area contributed by atoms with Crippen LogP contribution >= 0.6 is 34.7 Å². The number of ether oxygens (including phenoxy) is 3. The lowest BCUT2D eigenvalue weighted by molar-refractivity contribution is -0.150. The maximum absolute atomic E-state index is 13.1. The zero-order valence-corrected chi connectivity index (χ0v) is 28.1. The second-order valence-corrected chi connectivity index (χ2v) is 12.0. The molecule has 17 nitrogen and oxygen atoms in total. The highest BCUT2D eigenvalue weighted by Gasteiger charge is 2.54. The number of oxime groups is 1. The van der Waals surface area contributed by atoms with Crippen LogP contribution < -0.4 is 20.1 Å². The van der Waals surface area contributed by atoms with Gasteiger partial charge in [-0.15, -0.1) is 34.7 Å². The van der Waals surface area contributed by atoms with Gasteiger partial charge in [-0.2, -0.15) is 0 Å². The van der Waals surface area contributed by atoms with E-state index in [1.54, 1.807) is 0 Å². The Bertz CT molecular complexity index is 1810. The number of anilines is 1. The molecule has 3 heterocycles. The van der Waals surface area contributed by atoms with E-state index in [0.29, 0.717) is 5.56 Å². The molecule has 3 amide bonds. The summed E-state index contributed by atoms with van der Waals surface area (Å²) in [6.45, 7) is 1.89. The lowest BCUT2D eigenvalue weighted by Gasteiger charge is -2.49. The van der Waals surface area contributed by atoms with Gasteiger partial charge in [-0.25, -0.2) is 14.6 Å². The number of benzene rings is 1. The van der Waals surface area contributed by atoms with Gasteiger partial charge in [0.25, 0.3) is 11.8 Å². The molecular formula is C29H26ClN5O12S2. The molecule has 0 bridgehead atoms. The van der Waals surface area contributed by atoms with Crippen LogP contribution in [0, 0.1) is 0 Å². The third-order valence-corrected chi connectivity index (χ3v) is 8.66. The minimum atomic E-state index is -1.44. The van der Waals surface area contributed by atoms with Crippen molar-refractivity contribution in [1.82, 2.24) is 15.2 Å². The summed E-state index contributed by atoms with van der Waals surface area (Å²) in [4.78, 5) is 95.1. The quantitative estimate of drug-likeness (QED) is 0.0504. The van der Waals surface area contributed by atoms with Gasteiger partial charge in [0.1, 0.15) is 42.4 Å². The maximum atomic E-state index is 13.1. The molecule has 49 heavy (non-hydrogen) atoms. The molecule has 2 aromatic rings. The number of fused-ring (bicyclic) bond motifs is 1. The number of alkyl halides is 1. The summed E-state index contributed by atoms with van der Waals surface area (Å²) < 4.78 is 15.3. The number of aromatic nitrogens is 1. The Balaban J connectivity index is 1.41. The molecular weight excluding hydrogens is 710 g/mol. The van der Waals surface area contributed by atoms with E-state index in [1.807, 2.05) is 0 Å². The number of nitrogens with one attached hydrogen (secondary N) is 2. The molecule has 0 unspecified atom stereocenters. The maximum Gasteiger partial charge on any atom is 0.352 e. The fourth-order valence-electron chi connectivity index (χ4n) is 4.37. The number of aliphatic carboxylic acids is 1. The summed E-state index contributed by atoms with van der Waals surface area (Å²) in [5, 5.41) is 19.4. The largest absolute Gasteiger partial charge is 0.477 e. The Hall–Kier alpha value is -5.27. The molecule has 0 aliphatic carbocycles. The van der Waals surface area contributed by atoms with Crippen LogP contribution in [-0.2, 0) is 43.1 Å². The smallest absolute Gasteiger partial charge is 0.352 e. The fraction of sp³-hybridized carbons (Fsp3) is 0.276. The molecule has 4 rings (SSSR count). The molecule has 2 aliphatic rings. The van der Waals surface area contributed by atoms with Crippen LogP contribution in [0.1, 0.15) is 25.1 Å². The number of carbonyl (C=O) groups excluding carboxylic acids is 6. The third kappa shape index (κ3) is 9.00. The Labute approximate surface area is 290 Å². The fourth-order valence-corrected chi connectivity index (χ4v) is 6.47. The van der Waals surface area contributed by atoms with Gasteiger partial charge in [0.2, 0.25) is 5.91 Å². The highest BCUT2D eigenvalue weighted by molar-refractivity contribution is 8.00. The molecule has 0 saturated carbocycles. The van der Waals surface area contributed by atoms with Crippen molar-refractivity contribution in [2.45, 2.75) is 25.3 Å². The van der Waals surface area contributed by atoms with E-state index in [2.05, 4.69) is 20.8 Å². The zero-order chi connectivity index (χ0) is 35.8. The van der Waals surface area contributed by atoms with Gasteiger partial charge in [-0.3, -0.25) is 28.9 Å². The zero-order valence-electron chi connectivity index (χ0n) is 25.7. The summed E-state index contributed by atoms with van der Waals surface area (Å²) in [7, 11) is 1.20. The summed E-state index contributed by atoms with van der Waals surface area (Å²) in [5.74, 6) is -5.97. The van der Waals surface area contributed by atoms with Crippen LogP contribution in [0.15, 0.2) is 46.1 Å². The number of hydrogen-bond donors (Lipinski definition) is 3. The number of carboxylic acids is 1. The summed E-state index contributed by atoms with van der Waals surface area (Å²) in [5.41, 5.74) is -0.103. The highest BCUT2D eigenvalue weighted by Crippen LogP contribution is 2.40. The summed E-state index contributed by atoms with van der Waals surface area (Å²) in [6.07, 6.45) is 2.38. The first-order valence-electron chi connectivity index (χ1n) is 13.8. The van der Waals surface area contributed by atoms with Crippen molar-refractivity contribution >= 4 is 93.2 Å². The first-order chi connectivity index (χ1) is 23.3. The van der Waals surface area contributed by atoms with Gasteiger partial charge in [-0.1, -0.05) is 11.2 Å². The molecule has 1 aromatic heterocycles. The number of halogens is 1. The van der Waals surface area contributed by atoms with Crippen molar-refractivity contribution in [3.05, 3.63) is 52.2 Å². The lowest BCUT2D eigenvalue weighted by atomic mass is 10.0. The van der Waals surface area contributed by atoms with Crippen LogP contribution in [0.3, 0.4) is 0 Å². The number of thioether (sulfide) groups is 1. The number of esters is 3. The Morgan fingerprint density at radius 1 is 1.14 bits per heavy atom. The van der Waals surface area contributed by atoms with E-state index >= 15 is 0 Å². The van der Waals surface area contributed by atoms with Crippen molar-refractivity contribution in [2.75, 3.05) is 30.7 Å². The number of amides is 3. The van der Waals surface area contributed by atoms with Crippen LogP contribution in [0.4, 0.5) is 5.13 Å². The molecule has 0 radical (unpaired) electrons. The SMILES string of the molecule is CO/N=C(\C(=O)N[C@@H]1C(=O)N2C(C(=O)O)=C(COC(=O)/C=C/c3ccc(OC(C)=O)c(OC(C)=O)c3)CS[C@H]12)c1csc(NC(=O)CCl)n1. The average Bonchev–Trinajstić information content (AvgIpc) is 3.51. The molecule has 1 saturated heterocycles. The lowest BCUT2D eigenvalue weighted by Crippen LogP contribution is -2.71. The van der Waals surface area contributed by atoms with Crippen molar-refractivity contribution < 1.29 is 57.7 Å². The Morgan fingerprint density at radius 3 is 2.51 bits per heavy atom. The van der Waals surface area contributed by atoms with Crippen LogP contribution in [0.5, 0.6) is 11.5 Å². The minimum absolute atomic E-state index is 0.00208. The number of hydrogen-bond acceptors (Lipinski definition) is 15. The molecule has 258 valence electrons. The van der Waals surface area contributed by atoms with E-state index in [4.69, 9.17) is 30.6 Å². The molecule has 1 fully saturated rings. The minimum Gasteiger partial charge on any atom is -0.477 e. The van der Waals surface area contributed by atoms with Crippen molar-refractivity contribution in [1.29, 1.82) is 0 Å². The Kier molecular flexibility index (Phi) is 12.1. The predicted octanol–water partition coefficient (Wildman–Crippen LogP) is 1.52. The van der Waals surface area contributed by atoms with Crippen molar-refractivity contribution in [3.63, 3.8) is 0 Å². The van der Waals surface area contributed by atoms with E-state index in [0.717, 1.165) is 41.0 Å². The van der Waals surface area contributed by atoms with Gasteiger partial charge in [-0.05, 0) is 23.8 Å². The van der Waals surface area contributed by atoms with E-state index in [9.17, 15) is 38.7 Å². The average molecular weight is 736 g/mol. The van der Waals surface area contributed by atoms with E-state index in [-0.39, 0.29) is 50.9 Å². The molecule has 0 spiro atoms. The van der Waals surface area contributed by atoms with E-state index in [1.165, 1.54) is 43.7 Å². The Morgan fingerprint density at radius 2 is 1.86 bits per heavy atom. The van der Waals surface area contributed by atoms with Gasteiger partial charge in [0.05, 0.1) is 0 Å². The number of β-lactam (4-membered cyclic amide) rings is 1. The second kappa shape index (κ2) is 16.2. The molecule has 20 heteroatoms. The normalized spacial score (nSPS) is 17.1. The molecule has 2 aliphatic heterocycles. The van der Waals surface area contributed by atoms with Gasteiger partial charge in [0, 0.05) is 36.6 Å². The number of rotatable bonds is 13. The van der Waals surface area contributed by atoms with Crippen LogP contribution in [-0.4, -0.2) is 99.1 Å². The predicted molar refractivity (Wildman–Crippen MR) is 174 cm³/mol.